The molecule has 1 atom stereocenters. The Bertz CT molecular complexity index is 1110. The largest absolute Gasteiger partial charge is 0.573 e. The van der Waals surface area contributed by atoms with Gasteiger partial charge < -0.3 is 25.0 Å². The van der Waals surface area contributed by atoms with Gasteiger partial charge in [-0.15, -0.1) is 13.2 Å². The number of benzene rings is 2. The molecule has 1 fully saturated rings. The van der Waals surface area contributed by atoms with Crippen LogP contribution in [0.5, 0.6) is 5.75 Å². The number of rotatable bonds is 7. The Morgan fingerprint density at radius 1 is 1.11 bits per heavy atom. The normalized spacial score (nSPS) is 15.7. The van der Waals surface area contributed by atoms with Gasteiger partial charge in [0.2, 0.25) is 11.8 Å². The Balaban J connectivity index is 1.71. The van der Waals surface area contributed by atoms with E-state index in [1.54, 1.807) is 6.07 Å². The Morgan fingerprint density at radius 3 is 2.56 bits per heavy atom. The number of nitrogens with one attached hydrogen (secondary N) is 2. The average molecular weight is 528 g/mol. The third-order valence-electron chi connectivity index (χ3n) is 5.52. The van der Waals surface area contributed by atoms with Crippen LogP contribution in [-0.2, 0) is 14.3 Å². The van der Waals surface area contributed by atoms with Crippen LogP contribution in [0.25, 0.3) is 11.1 Å². The van der Waals surface area contributed by atoms with Gasteiger partial charge >= 0.3 is 12.5 Å². The van der Waals surface area contributed by atoms with Crippen LogP contribution in [0.4, 0.5) is 23.7 Å². The number of ether oxygens (including phenoxy) is 2. The fourth-order valence-electron chi connectivity index (χ4n) is 3.89. The molecule has 2 aromatic rings. The van der Waals surface area contributed by atoms with E-state index in [2.05, 4.69) is 15.4 Å². The monoisotopic (exact) mass is 527 g/mol. The Morgan fingerprint density at radius 2 is 1.86 bits per heavy atom. The maximum absolute atomic E-state index is 13.0. The molecule has 0 saturated carbocycles. The number of carbonyl (C=O) groups is 3. The van der Waals surface area contributed by atoms with Gasteiger partial charge in [0, 0.05) is 30.4 Å². The molecule has 0 radical (unpaired) electrons. The smallest absolute Gasteiger partial charge is 0.449 e. The summed E-state index contributed by atoms with van der Waals surface area (Å²) in [6.07, 6.45) is -3.62. The van der Waals surface area contributed by atoms with E-state index in [0.29, 0.717) is 24.2 Å². The highest BCUT2D eigenvalue weighted by atomic mass is 35.5. The van der Waals surface area contributed by atoms with Gasteiger partial charge in [-0.1, -0.05) is 35.9 Å². The van der Waals surface area contributed by atoms with Crippen LogP contribution >= 0.6 is 11.6 Å². The molecule has 1 aliphatic rings. The summed E-state index contributed by atoms with van der Waals surface area (Å²) in [5, 5.41) is 5.12. The lowest BCUT2D eigenvalue weighted by molar-refractivity contribution is -0.274. The van der Waals surface area contributed by atoms with Gasteiger partial charge in [0.25, 0.3) is 0 Å². The van der Waals surface area contributed by atoms with Gasteiger partial charge in [-0.05, 0) is 37.5 Å². The number of nitrogens with zero attached hydrogens (tertiary/aromatic N) is 1. The summed E-state index contributed by atoms with van der Waals surface area (Å²) in [6, 6.07) is 9.29. The molecule has 1 heterocycles. The second-order valence-electron chi connectivity index (χ2n) is 7.96. The van der Waals surface area contributed by atoms with Gasteiger partial charge in [-0.25, -0.2) is 4.79 Å². The molecule has 1 unspecified atom stereocenters. The maximum Gasteiger partial charge on any atom is 0.573 e. The number of likely N-dealkylation sites (tertiary alicyclic amines) is 1. The molecule has 2 N–H and O–H groups in total. The summed E-state index contributed by atoms with van der Waals surface area (Å²) < 4.78 is 47.3. The van der Waals surface area contributed by atoms with E-state index in [0.717, 1.165) is 12.8 Å². The molecule has 8 nitrogen and oxygen atoms in total. The molecule has 0 aliphatic carbocycles. The van der Waals surface area contributed by atoms with Crippen molar-refractivity contribution in [2.45, 2.75) is 38.1 Å². The molecular formula is C24H25ClF3N3O5. The molecule has 194 valence electrons. The van der Waals surface area contributed by atoms with Crippen LogP contribution in [0, 0.1) is 0 Å². The van der Waals surface area contributed by atoms with Crippen molar-refractivity contribution >= 4 is 35.2 Å². The van der Waals surface area contributed by atoms with E-state index in [9.17, 15) is 27.6 Å². The number of hydrogen-bond donors (Lipinski definition) is 2. The molecule has 0 aromatic heterocycles. The van der Waals surface area contributed by atoms with E-state index in [1.807, 2.05) is 0 Å². The van der Waals surface area contributed by atoms with Crippen LogP contribution in [0.1, 0.15) is 25.7 Å². The number of alkyl halides is 3. The second-order valence-corrected chi connectivity index (χ2v) is 8.37. The topological polar surface area (TPSA) is 97.0 Å². The van der Waals surface area contributed by atoms with Crippen molar-refractivity contribution in [3.63, 3.8) is 0 Å². The molecular weight excluding hydrogens is 503 g/mol. The van der Waals surface area contributed by atoms with Crippen LogP contribution in [-0.4, -0.2) is 55.4 Å². The number of alkyl carbamates (subject to hydrolysis) is 1. The number of hydrogen-bond acceptors (Lipinski definition) is 5. The van der Waals surface area contributed by atoms with Crippen molar-refractivity contribution in [3.8, 4) is 16.9 Å². The summed E-state index contributed by atoms with van der Waals surface area (Å²) >= 11 is 6.35. The van der Waals surface area contributed by atoms with E-state index in [4.69, 9.17) is 16.3 Å². The first kappa shape index (κ1) is 27.1. The number of amides is 3. The highest BCUT2D eigenvalue weighted by Gasteiger charge is 2.33. The van der Waals surface area contributed by atoms with Gasteiger partial charge in [0.15, 0.2) is 0 Å². The third kappa shape index (κ3) is 7.27. The van der Waals surface area contributed by atoms with E-state index in [1.165, 1.54) is 48.3 Å². The lowest BCUT2D eigenvalue weighted by Gasteiger charge is -2.34. The second kappa shape index (κ2) is 12.0. The van der Waals surface area contributed by atoms with Crippen molar-refractivity contribution < 1.29 is 37.0 Å². The van der Waals surface area contributed by atoms with Crippen molar-refractivity contribution in [3.05, 3.63) is 47.5 Å². The fraction of sp³-hybridized carbons (Fsp3) is 0.375. The first-order chi connectivity index (χ1) is 17.1. The molecule has 3 rings (SSSR count). The molecule has 1 saturated heterocycles. The first-order valence-corrected chi connectivity index (χ1v) is 11.6. The highest BCUT2D eigenvalue weighted by molar-refractivity contribution is 6.33. The molecule has 0 spiro atoms. The zero-order valence-corrected chi connectivity index (χ0v) is 20.1. The quantitative estimate of drug-likeness (QED) is 0.530. The molecule has 1 aliphatic heterocycles. The Hall–Kier alpha value is -3.47. The van der Waals surface area contributed by atoms with Gasteiger partial charge in [-0.2, -0.15) is 0 Å². The summed E-state index contributed by atoms with van der Waals surface area (Å²) in [4.78, 5) is 38.3. The fourth-order valence-corrected chi connectivity index (χ4v) is 4.17. The Kier molecular flexibility index (Phi) is 9.03. The SMILES string of the molecule is CNC(=O)OCCC(=O)N1CCCCC1C(=O)Nc1ccc(-c2ccccc2OC(F)(F)F)c(Cl)c1. The Labute approximate surface area is 210 Å². The lowest BCUT2D eigenvalue weighted by atomic mass is 10.0. The summed E-state index contributed by atoms with van der Waals surface area (Å²) in [5.74, 6) is -1.13. The van der Waals surface area contributed by atoms with E-state index >= 15 is 0 Å². The summed E-state index contributed by atoms with van der Waals surface area (Å²) in [5.41, 5.74) is 0.754. The van der Waals surface area contributed by atoms with Crippen LogP contribution in [0.3, 0.4) is 0 Å². The number of piperidine rings is 1. The van der Waals surface area contributed by atoms with Crippen LogP contribution < -0.4 is 15.4 Å². The van der Waals surface area contributed by atoms with Crippen LogP contribution in [0.2, 0.25) is 5.02 Å². The van der Waals surface area contributed by atoms with Crippen molar-refractivity contribution in [1.82, 2.24) is 10.2 Å². The zero-order valence-electron chi connectivity index (χ0n) is 19.4. The molecule has 36 heavy (non-hydrogen) atoms. The minimum absolute atomic E-state index is 0.0584. The van der Waals surface area contributed by atoms with Gasteiger partial charge in [-0.3, -0.25) is 9.59 Å². The molecule has 12 heteroatoms. The number of halogens is 4. The molecule has 2 aromatic carbocycles. The summed E-state index contributed by atoms with van der Waals surface area (Å²) in [7, 11) is 1.41. The van der Waals surface area contributed by atoms with E-state index < -0.39 is 30.2 Å². The van der Waals surface area contributed by atoms with Gasteiger partial charge in [0.1, 0.15) is 18.4 Å². The minimum Gasteiger partial charge on any atom is -0.449 e. The molecule has 3 amide bonds. The number of para-hydroxylation sites is 1. The first-order valence-electron chi connectivity index (χ1n) is 11.2. The lowest BCUT2D eigenvalue weighted by Crippen LogP contribution is -2.50. The predicted molar refractivity (Wildman–Crippen MR) is 127 cm³/mol. The average Bonchev–Trinajstić information content (AvgIpc) is 2.83. The van der Waals surface area contributed by atoms with Crippen molar-refractivity contribution in [2.75, 3.05) is 25.5 Å². The minimum atomic E-state index is -4.87. The van der Waals surface area contributed by atoms with Crippen LogP contribution in [0.15, 0.2) is 42.5 Å². The maximum atomic E-state index is 13.0. The third-order valence-corrected chi connectivity index (χ3v) is 5.83. The zero-order chi connectivity index (χ0) is 26.3. The molecule has 0 bridgehead atoms. The number of carbonyl (C=O) groups excluding carboxylic acids is 3. The standard InChI is InChI=1S/C24H25ClF3N3O5/c1-29-23(34)35-13-11-21(32)31-12-5-4-7-19(31)22(33)30-15-9-10-16(18(25)14-15)17-6-2-3-8-20(17)36-24(26,27)28/h2-3,6,8-10,14,19H,4-5,7,11-13H2,1H3,(H,29,34)(H,30,33). The van der Waals surface area contributed by atoms with Crippen molar-refractivity contribution in [2.24, 2.45) is 0 Å². The highest BCUT2D eigenvalue weighted by Crippen LogP contribution is 2.38. The summed E-state index contributed by atoms with van der Waals surface area (Å²) in [6.45, 7) is 0.284. The van der Waals surface area contributed by atoms with E-state index in [-0.39, 0.29) is 29.5 Å². The predicted octanol–water partition coefficient (Wildman–Crippen LogP) is 4.97. The van der Waals surface area contributed by atoms with Crippen molar-refractivity contribution in [1.29, 1.82) is 0 Å². The van der Waals surface area contributed by atoms with Gasteiger partial charge in [0.05, 0.1) is 11.4 Å². The number of anilines is 1.